The second kappa shape index (κ2) is 13.9. The van der Waals surface area contributed by atoms with Gasteiger partial charge in [-0.3, -0.25) is 4.79 Å². The zero-order valence-electron chi connectivity index (χ0n) is 20.5. The summed E-state index contributed by atoms with van der Waals surface area (Å²) in [6.45, 7) is 1.88. The molecule has 3 aromatic rings. The van der Waals surface area contributed by atoms with E-state index in [0.717, 1.165) is 33.6 Å². The summed E-state index contributed by atoms with van der Waals surface area (Å²) in [6, 6.07) is 14.5. The highest BCUT2D eigenvalue weighted by atomic mass is 32.2. The smallest absolute Gasteiger partial charge is 0.432 e. The van der Waals surface area contributed by atoms with Crippen molar-refractivity contribution in [3.63, 3.8) is 0 Å². The third-order valence-corrected chi connectivity index (χ3v) is 6.96. The van der Waals surface area contributed by atoms with Gasteiger partial charge in [0.2, 0.25) is 5.91 Å². The van der Waals surface area contributed by atoms with Crippen LogP contribution in [0, 0.1) is 0 Å². The lowest BCUT2D eigenvalue weighted by Crippen LogP contribution is -2.11. The van der Waals surface area contributed by atoms with E-state index >= 15 is 0 Å². The standard InChI is InChI=1S/C23H24N4O5S2.CH3NO2/c1-15(28)26-22-27-20(21(33-22)18-8-10-19(11-9-18)34(2,31)32)12-7-16-3-5-17(6-4-16)13-24-14-25-23(29)30;2-1(3)4/h3-6,8-11,14H,7,12-13H2,1-2H3,(H,24,25)(H,29,30)(H,26,27,28);2H2,(H,3,4). The van der Waals surface area contributed by atoms with E-state index in [1.54, 1.807) is 24.3 Å². The Morgan fingerprint density at radius 2 is 1.61 bits per heavy atom. The number of nitrogens with two attached hydrogens (primary N) is 1. The first-order valence-electron chi connectivity index (χ1n) is 11.0. The maximum absolute atomic E-state index is 11.8. The molecular formula is C24H27N5O7S2. The molecule has 0 aliphatic heterocycles. The molecule has 1 heterocycles. The molecule has 0 aliphatic rings. The number of hydrogen-bond donors (Lipinski definition) is 5. The van der Waals surface area contributed by atoms with Gasteiger partial charge in [-0.25, -0.2) is 23.0 Å². The maximum Gasteiger partial charge on any atom is 0.432 e. The van der Waals surface area contributed by atoms with Crippen LogP contribution in [-0.2, 0) is 34.0 Å². The Hall–Kier alpha value is -4.30. The van der Waals surface area contributed by atoms with Crippen LogP contribution < -0.4 is 16.4 Å². The molecule has 0 fully saturated rings. The second-order valence-electron chi connectivity index (χ2n) is 7.85. The van der Waals surface area contributed by atoms with Gasteiger partial charge in [-0.15, -0.1) is 0 Å². The van der Waals surface area contributed by atoms with Gasteiger partial charge in [0.15, 0.2) is 15.0 Å². The van der Waals surface area contributed by atoms with E-state index in [1.807, 2.05) is 24.3 Å². The Morgan fingerprint density at radius 1 is 1.03 bits per heavy atom. The van der Waals surface area contributed by atoms with Gasteiger partial charge in [-0.1, -0.05) is 47.7 Å². The highest BCUT2D eigenvalue weighted by Gasteiger charge is 2.15. The number of nitrogens with one attached hydrogen (secondary N) is 2. The Balaban J connectivity index is 0.00000118. The minimum absolute atomic E-state index is 0.211. The predicted octanol–water partition coefficient (Wildman–Crippen LogP) is 3.38. The molecule has 14 heteroatoms. The number of aryl methyl sites for hydroxylation is 2. The number of carbonyl (C=O) groups excluding carboxylic acids is 1. The predicted molar refractivity (Wildman–Crippen MR) is 144 cm³/mol. The van der Waals surface area contributed by atoms with E-state index in [4.69, 9.17) is 15.0 Å². The second-order valence-corrected chi connectivity index (χ2v) is 10.9. The monoisotopic (exact) mass is 561 g/mol. The van der Waals surface area contributed by atoms with Crippen molar-refractivity contribution in [2.24, 2.45) is 10.7 Å². The first-order valence-corrected chi connectivity index (χ1v) is 13.7. The molecule has 2 aromatic carbocycles. The Labute approximate surface area is 223 Å². The molecule has 0 aliphatic carbocycles. The van der Waals surface area contributed by atoms with Crippen LogP contribution in [0.15, 0.2) is 58.4 Å². The van der Waals surface area contributed by atoms with Crippen molar-refractivity contribution in [1.29, 1.82) is 0 Å². The number of anilines is 1. The molecule has 0 atom stereocenters. The van der Waals surface area contributed by atoms with Gasteiger partial charge in [0.1, 0.15) is 0 Å². The Morgan fingerprint density at radius 3 is 2.13 bits per heavy atom. The molecule has 0 radical (unpaired) electrons. The summed E-state index contributed by atoms with van der Waals surface area (Å²) in [7, 11) is -3.29. The van der Waals surface area contributed by atoms with E-state index in [-0.39, 0.29) is 10.8 Å². The summed E-state index contributed by atoms with van der Waals surface area (Å²) in [5.74, 6) is -0.211. The van der Waals surface area contributed by atoms with Crippen molar-refractivity contribution in [2.45, 2.75) is 31.2 Å². The van der Waals surface area contributed by atoms with Crippen LogP contribution in [0.1, 0.15) is 23.7 Å². The number of sulfone groups is 1. The number of benzene rings is 2. The minimum atomic E-state index is -3.29. The number of aliphatic imine (C=N–C) groups is 1. The van der Waals surface area contributed by atoms with Crippen molar-refractivity contribution in [3.8, 4) is 10.4 Å². The van der Waals surface area contributed by atoms with Crippen molar-refractivity contribution >= 4 is 50.7 Å². The number of aromatic nitrogens is 1. The van der Waals surface area contributed by atoms with Crippen molar-refractivity contribution < 1.29 is 33.0 Å². The van der Waals surface area contributed by atoms with Crippen molar-refractivity contribution in [2.75, 3.05) is 11.6 Å². The van der Waals surface area contributed by atoms with Crippen LogP contribution in [0.2, 0.25) is 0 Å². The number of rotatable bonds is 9. The van der Waals surface area contributed by atoms with Gasteiger partial charge in [0.05, 0.1) is 21.8 Å². The van der Waals surface area contributed by atoms with E-state index < -0.39 is 22.0 Å². The lowest BCUT2D eigenvalue weighted by Gasteiger charge is -2.06. The molecule has 6 N–H and O–H groups in total. The maximum atomic E-state index is 11.8. The number of primary amides is 1. The van der Waals surface area contributed by atoms with Crippen molar-refractivity contribution in [3.05, 3.63) is 65.4 Å². The fourth-order valence-electron chi connectivity index (χ4n) is 3.16. The first kappa shape index (κ1) is 29.9. The lowest BCUT2D eigenvalue weighted by molar-refractivity contribution is -0.114. The van der Waals surface area contributed by atoms with Gasteiger partial charge in [0.25, 0.3) is 0 Å². The molecule has 3 rings (SSSR count). The average molecular weight is 562 g/mol. The highest BCUT2D eigenvalue weighted by molar-refractivity contribution is 7.90. The summed E-state index contributed by atoms with van der Waals surface area (Å²) in [5.41, 5.74) is 7.75. The Kier molecular flexibility index (Phi) is 10.9. The molecule has 0 bridgehead atoms. The fourth-order valence-corrected chi connectivity index (χ4v) is 4.85. The van der Waals surface area contributed by atoms with Crippen LogP contribution >= 0.6 is 11.3 Å². The Bertz CT molecular complexity index is 1400. The summed E-state index contributed by atoms with van der Waals surface area (Å²) in [6.07, 6.45) is 1.07. The molecule has 0 saturated carbocycles. The normalized spacial score (nSPS) is 10.9. The summed E-state index contributed by atoms with van der Waals surface area (Å²) >= 11 is 1.35. The van der Waals surface area contributed by atoms with Gasteiger partial charge in [-0.2, -0.15) is 4.99 Å². The largest absolute Gasteiger partial charge is 0.465 e. The minimum Gasteiger partial charge on any atom is -0.465 e. The quantitative estimate of drug-likeness (QED) is 0.192. The summed E-state index contributed by atoms with van der Waals surface area (Å²) in [4.78, 5) is 39.6. The molecule has 1 aromatic heterocycles. The first-order chi connectivity index (χ1) is 17.8. The van der Waals surface area contributed by atoms with Crippen LogP contribution in [-0.4, -0.2) is 54.3 Å². The molecule has 202 valence electrons. The highest BCUT2D eigenvalue weighted by Crippen LogP contribution is 2.34. The molecular weight excluding hydrogens is 534 g/mol. The third kappa shape index (κ3) is 10.4. The number of thiazole rings is 1. The summed E-state index contributed by atoms with van der Waals surface area (Å²) in [5, 5.41) is 21.7. The zero-order valence-corrected chi connectivity index (χ0v) is 22.2. The molecule has 0 unspecified atom stereocenters. The van der Waals surface area contributed by atoms with Crippen LogP contribution in [0.3, 0.4) is 0 Å². The lowest BCUT2D eigenvalue weighted by atomic mass is 10.0. The van der Waals surface area contributed by atoms with E-state index in [2.05, 4.69) is 26.3 Å². The fraction of sp³-hybridized carbons (Fsp3) is 0.208. The number of nitrogens with zero attached hydrogens (tertiary/aromatic N) is 2. The molecule has 0 spiro atoms. The summed E-state index contributed by atoms with van der Waals surface area (Å²) < 4.78 is 23.5. The van der Waals surface area contributed by atoms with E-state index in [1.165, 1.54) is 24.5 Å². The molecule has 12 nitrogen and oxygen atoms in total. The average Bonchev–Trinajstić information content (AvgIpc) is 3.22. The number of carbonyl (C=O) groups is 3. The topological polar surface area (TPSA) is 201 Å². The van der Waals surface area contributed by atoms with E-state index in [0.29, 0.717) is 24.5 Å². The zero-order chi connectivity index (χ0) is 28.3. The third-order valence-electron chi connectivity index (χ3n) is 4.77. The SMILES string of the molecule is CC(=O)Nc1nc(CCc2ccc(CNC=NC(=O)O)cc2)c(-c2ccc(S(C)(=O)=O)cc2)s1.NC(=O)O. The van der Waals surface area contributed by atoms with Crippen LogP contribution in [0.4, 0.5) is 14.7 Å². The molecule has 3 amide bonds. The van der Waals surface area contributed by atoms with Crippen LogP contribution in [0.5, 0.6) is 0 Å². The number of hydrogen-bond acceptors (Lipinski definition) is 7. The van der Waals surface area contributed by atoms with E-state index in [9.17, 15) is 18.0 Å². The molecule has 38 heavy (non-hydrogen) atoms. The van der Waals surface area contributed by atoms with Gasteiger partial charge in [0, 0.05) is 19.7 Å². The molecule has 0 saturated heterocycles. The number of carboxylic acid groups (broad SMARTS) is 2. The van der Waals surface area contributed by atoms with Gasteiger partial charge in [-0.05, 0) is 41.7 Å². The van der Waals surface area contributed by atoms with Gasteiger partial charge < -0.3 is 26.6 Å². The van der Waals surface area contributed by atoms with Crippen molar-refractivity contribution in [1.82, 2.24) is 10.3 Å². The van der Waals surface area contributed by atoms with Crippen LogP contribution in [0.25, 0.3) is 10.4 Å². The van der Waals surface area contributed by atoms with Gasteiger partial charge >= 0.3 is 12.2 Å². The number of amides is 3.